The lowest BCUT2D eigenvalue weighted by Crippen LogP contribution is -2.34. The SMILES string of the molecule is CC/C(=C\C(C)ONC(=O)OC(C)(C)C)ONC(=O)OC(C)(C)C. The molecule has 24 heavy (non-hydrogen) atoms. The van der Waals surface area contributed by atoms with Crippen molar-refractivity contribution in [3.63, 3.8) is 0 Å². The zero-order chi connectivity index (χ0) is 19.0. The minimum atomic E-state index is -0.692. The van der Waals surface area contributed by atoms with E-state index in [9.17, 15) is 9.59 Å². The number of hydrogen-bond acceptors (Lipinski definition) is 6. The molecule has 0 bridgehead atoms. The molecule has 0 heterocycles. The smallest absolute Gasteiger partial charge is 0.441 e. The van der Waals surface area contributed by atoms with Gasteiger partial charge in [-0.3, -0.25) is 4.84 Å². The predicted octanol–water partition coefficient (Wildman–Crippen LogP) is 3.58. The molecular formula is C16H30N2O6. The van der Waals surface area contributed by atoms with Crippen LogP contribution < -0.4 is 11.0 Å². The van der Waals surface area contributed by atoms with E-state index in [4.69, 9.17) is 19.1 Å². The topological polar surface area (TPSA) is 95.1 Å². The number of amides is 2. The summed E-state index contributed by atoms with van der Waals surface area (Å²) < 4.78 is 10.1. The molecule has 1 atom stereocenters. The molecular weight excluding hydrogens is 316 g/mol. The van der Waals surface area contributed by atoms with Gasteiger partial charge < -0.3 is 14.3 Å². The first-order valence-corrected chi connectivity index (χ1v) is 7.83. The fourth-order valence-corrected chi connectivity index (χ4v) is 1.37. The van der Waals surface area contributed by atoms with Crippen LogP contribution in [0, 0.1) is 0 Å². The summed E-state index contributed by atoms with van der Waals surface area (Å²) >= 11 is 0. The van der Waals surface area contributed by atoms with E-state index in [1.165, 1.54) is 0 Å². The Bertz CT molecular complexity index is 448. The van der Waals surface area contributed by atoms with E-state index >= 15 is 0 Å². The molecule has 0 aromatic carbocycles. The van der Waals surface area contributed by atoms with E-state index in [1.54, 1.807) is 54.5 Å². The molecule has 0 rings (SSSR count). The summed E-state index contributed by atoms with van der Waals surface area (Å²) in [5.74, 6) is 0.458. The van der Waals surface area contributed by atoms with Gasteiger partial charge >= 0.3 is 12.2 Å². The number of carbonyl (C=O) groups excluding carboxylic acids is 2. The molecule has 2 N–H and O–H groups in total. The van der Waals surface area contributed by atoms with Gasteiger partial charge in [-0.2, -0.15) is 11.0 Å². The first-order chi connectivity index (χ1) is 10.8. The zero-order valence-corrected chi connectivity index (χ0v) is 15.8. The third kappa shape index (κ3) is 12.6. The molecule has 0 aromatic heterocycles. The van der Waals surface area contributed by atoms with Gasteiger partial charge in [0.05, 0.1) is 0 Å². The second-order valence-electron chi connectivity index (χ2n) is 7.12. The maximum Gasteiger partial charge on any atom is 0.441 e. The lowest BCUT2D eigenvalue weighted by Gasteiger charge is -2.21. The third-order valence-electron chi connectivity index (χ3n) is 2.16. The van der Waals surface area contributed by atoms with Gasteiger partial charge in [-0.25, -0.2) is 9.59 Å². The normalized spacial score (nSPS) is 13.8. The summed E-state index contributed by atoms with van der Waals surface area (Å²) in [7, 11) is 0. The molecule has 0 radical (unpaired) electrons. The van der Waals surface area contributed by atoms with Gasteiger partial charge in [-0.05, 0) is 54.5 Å². The van der Waals surface area contributed by atoms with E-state index in [0.29, 0.717) is 12.2 Å². The number of carbonyl (C=O) groups is 2. The minimum absolute atomic E-state index is 0.458. The van der Waals surface area contributed by atoms with Crippen LogP contribution >= 0.6 is 0 Å². The molecule has 8 nitrogen and oxygen atoms in total. The Balaban J connectivity index is 4.35. The van der Waals surface area contributed by atoms with E-state index in [1.807, 2.05) is 6.92 Å². The maximum atomic E-state index is 11.5. The van der Waals surface area contributed by atoms with E-state index in [0.717, 1.165) is 0 Å². The first-order valence-electron chi connectivity index (χ1n) is 7.83. The number of hydroxylamine groups is 2. The van der Waals surface area contributed by atoms with Crippen LogP contribution in [0.25, 0.3) is 0 Å². The molecule has 8 heteroatoms. The van der Waals surface area contributed by atoms with Gasteiger partial charge in [-0.1, -0.05) is 6.92 Å². The van der Waals surface area contributed by atoms with Crippen molar-refractivity contribution in [1.82, 2.24) is 11.0 Å². The molecule has 2 amide bonds. The molecule has 0 aromatic rings. The Kier molecular flexibility index (Phi) is 8.60. The molecule has 1 unspecified atom stereocenters. The molecule has 0 aliphatic heterocycles. The minimum Gasteiger partial charge on any atom is -0.442 e. The van der Waals surface area contributed by atoms with Crippen LogP contribution in [0.1, 0.15) is 61.8 Å². The van der Waals surface area contributed by atoms with Crippen molar-refractivity contribution in [2.24, 2.45) is 0 Å². The van der Waals surface area contributed by atoms with Crippen molar-refractivity contribution >= 4 is 12.2 Å². The summed E-state index contributed by atoms with van der Waals surface area (Å²) in [5.41, 5.74) is 3.16. The Labute approximate surface area is 143 Å². The Morgan fingerprint density at radius 1 is 0.958 bits per heavy atom. The highest BCUT2D eigenvalue weighted by Gasteiger charge is 2.18. The molecule has 0 spiro atoms. The van der Waals surface area contributed by atoms with Crippen molar-refractivity contribution < 1.29 is 28.7 Å². The summed E-state index contributed by atoms with van der Waals surface area (Å²) in [6, 6.07) is 0. The zero-order valence-electron chi connectivity index (χ0n) is 15.8. The van der Waals surface area contributed by atoms with Gasteiger partial charge in [0.1, 0.15) is 23.1 Å². The first kappa shape index (κ1) is 22.0. The standard InChI is InChI=1S/C16H30N2O6/c1-9-12(24-18-14(20)22-16(6,7)8)10-11(2)23-17-13(19)21-15(3,4)5/h10-11H,9H2,1-8H3,(H,17,19)(H,18,20)/b12-10+. The fraction of sp³-hybridized carbons (Fsp3) is 0.750. The fourth-order valence-electron chi connectivity index (χ4n) is 1.37. The number of allylic oxidation sites excluding steroid dienone is 1. The lowest BCUT2D eigenvalue weighted by molar-refractivity contribution is -0.0245. The molecule has 140 valence electrons. The van der Waals surface area contributed by atoms with Crippen molar-refractivity contribution in [3.05, 3.63) is 11.8 Å². The second kappa shape index (κ2) is 9.36. The van der Waals surface area contributed by atoms with Crippen LogP contribution in [0.3, 0.4) is 0 Å². The van der Waals surface area contributed by atoms with Crippen molar-refractivity contribution in [2.45, 2.75) is 79.1 Å². The highest BCUT2D eigenvalue weighted by atomic mass is 16.7. The van der Waals surface area contributed by atoms with Gasteiger partial charge in [0.25, 0.3) is 0 Å². The Morgan fingerprint density at radius 3 is 1.83 bits per heavy atom. The molecule has 0 saturated heterocycles. The van der Waals surface area contributed by atoms with Gasteiger partial charge in [-0.15, -0.1) is 0 Å². The quantitative estimate of drug-likeness (QED) is 0.564. The number of rotatable bonds is 6. The van der Waals surface area contributed by atoms with E-state index in [2.05, 4.69) is 11.0 Å². The lowest BCUT2D eigenvalue weighted by atomic mass is 10.2. The highest BCUT2D eigenvalue weighted by molar-refractivity contribution is 5.66. The molecule has 0 fully saturated rings. The second-order valence-corrected chi connectivity index (χ2v) is 7.12. The molecule has 0 aliphatic rings. The van der Waals surface area contributed by atoms with Gasteiger partial charge in [0.15, 0.2) is 0 Å². The summed E-state index contributed by atoms with van der Waals surface area (Å²) in [6.07, 6.45) is 0.244. The predicted molar refractivity (Wildman–Crippen MR) is 88.7 cm³/mol. The highest BCUT2D eigenvalue weighted by Crippen LogP contribution is 2.09. The Hall–Kier alpha value is -1.96. The third-order valence-corrected chi connectivity index (χ3v) is 2.16. The maximum absolute atomic E-state index is 11.5. The largest absolute Gasteiger partial charge is 0.442 e. The molecule has 0 aliphatic carbocycles. The van der Waals surface area contributed by atoms with Crippen LogP contribution in [-0.4, -0.2) is 29.5 Å². The average Bonchev–Trinajstić information content (AvgIpc) is 2.37. The average molecular weight is 346 g/mol. The van der Waals surface area contributed by atoms with Crippen LogP contribution in [0.4, 0.5) is 9.59 Å². The summed E-state index contributed by atoms with van der Waals surface area (Å²) in [6.45, 7) is 14.1. The van der Waals surface area contributed by atoms with E-state index in [-0.39, 0.29) is 0 Å². The molecule has 0 saturated carbocycles. The van der Waals surface area contributed by atoms with Crippen LogP contribution in [0.5, 0.6) is 0 Å². The van der Waals surface area contributed by atoms with Crippen molar-refractivity contribution in [2.75, 3.05) is 0 Å². The number of ether oxygens (including phenoxy) is 2. The summed E-state index contributed by atoms with van der Waals surface area (Å²) in [5, 5.41) is 0. The van der Waals surface area contributed by atoms with Crippen LogP contribution in [0.2, 0.25) is 0 Å². The van der Waals surface area contributed by atoms with E-state index < -0.39 is 29.5 Å². The van der Waals surface area contributed by atoms with Crippen molar-refractivity contribution in [3.8, 4) is 0 Å². The number of hydrogen-bond donors (Lipinski definition) is 2. The van der Waals surface area contributed by atoms with Gasteiger partial charge in [0.2, 0.25) is 0 Å². The van der Waals surface area contributed by atoms with Crippen LogP contribution in [0.15, 0.2) is 11.8 Å². The number of nitrogens with one attached hydrogen (secondary N) is 2. The van der Waals surface area contributed by atoms with Crippen molar-refractivity contribution in [1.29, 1.82) is 0 Å². The van der Waals surface area contributed by atoms with Crippen LogP contribution in [-0.2, 0) is 19.1 Å². The monoisotopic (exact) mass is 346 g/mol. The summed E-state index contributed by atoms with van der Waals surface area (Å²) in [4.78, 5) is 33.3. The van der Waals surface area contributed by atoms with Gasteiger partial charge in [0, 0.05) is 6.42 Å². The Morgan fingerprint density at radius 2 is 1.42 bits per heavy atom.